The normalized spacial score (nSPS) is 35.6. The van der Waals surface area contributed by atoms with Gasteiger partial charge in [0, 0.05) is 5.54 Å². The lowest BCUT2D eigenvalue weighted by atomic mass is 9.76. The fourth-order valence-corrected chi connectivity index (χ4v) is 1.37. The van der Waals surface area contributed by atoms with Crippen molar-refractivity contribution in [3.8, 4) is 0 Å². The lowest BCUT2D eigenvalue weighted by molar-refractivity contribution is 0.313. The highest BCUT2D eigenvalue weighted by molar-refractivity contribution is 5.12. The van der Waals surface area contributed by atoms with Crippen molar-refractivity contribution in [2.75, 3.05) is 7.05 Å². The summed E-state index contributed by atoms with van der Waals surface area (Å²) >= 11 is 0. The van der Waals surface area contributed by atoms with Crippen LogP contribution in [-0.4, -0.2) is 12.6 Å². The van der Waals surface area contributed by atoms with Crippen LogP contribution < -0.4 is 5.32 Å². The second-order valence-electron chi connectivity index (χ2n) is 4.49. The Hall–Kier alpha value is -0.300. The minimum atomic E-state index is 0.246. The van der Waals surface area contributed by atoms with Crippen LogP contribution in [0, 0.1) is 5.41 Å². The molecule has 1 heteroatoms. The average molecular weight is 153 g/mol. The van der Waals surface area contributed by atoms with E-state index in [1.807, 2.05) is 7.05 Å². The van der Waals surface area contributed by atoms with E-state index in [1.165, 1.54) is 12.8 Å². The second kappa shape index (κ2) is 2.63. The molecule has 0 bridgehead atoms. The first-order chi connectivity index (χ1) is 4.97. The van der Waals surface area contributed by atoms with Crippen molar-refractivity contribution in [1.82, 2.24) is 5.32 Å². The average Bonchev–Trinajstić information content (AvgIpc) is 1.97. The minimum absolute atomic E-state index is 0.246. The van der Waals surface area contributed by atoms with E-state index >= 15 is 0 Å². The Labute approximate surface area is 69.9 Å². The van der Waals surface area contributed by atoms with Crippen LogP contribution in [0.25, 0.3) is 0 Å². The molecule has 1 aliphatic rings. The number of rotatable bonds is 1. The number of hydrogen-bond acceptors (Lipinski definition) is 1. The third kappa shape index (κ3) is 2.06. The zero-order valence-corrected chi connectivity index (χ0v) is 8.07. The Morgan fingerprint density at radius 3 is 2.09 bits per heavy atom. The van der Waals surface area contributed by atoms with Gasteiger partial charge in [-0.2, -0.15) is 0 Å². The van der Waals surface area contributed by atoms with Gasteiger partial charge in [0.05, 0.1) is 0 Å². The smallest absolute Gasteiger partial charge is 0.0333 e. The lowest BCUT2D eigenvalue weighted by Gasteiger charge is -2.35. The number of hydrogen-bond donors (Lipinski definition) is 1. The van der Waals surface area contributed by atoms with Gasteiger partial charge in [0.25, 0.3) is 0 Å². The molecule has 11 heavy (non-hydrogen) atoms. The lowest BCUT2D eigenvalue weighted by Crippen LogP contribution is -2.41. The van der Waals surface area contributed by atoms with Crippen LogP contribution in [0.4, 0.5) is 0 Å². The van der Waals surface area contributed by atoms with Crippen molar-refractivity contribution in [2.24, 2.45) is 5.41 Å². The topological polar surface area (TPSA) is 12.0 Å². The maximum atomic E-state index is 3.33. The summed E-state index contributed by atoms with van der Waals surface area (Å²) in [5, 5.41) is 3.33. The van der Waals surface area contributed by atoms with Crippen molar-refractivity contribution in [2.45, 2.75) is 39.2 Å². The predicted molar refractivity (Wildman–Crippen MR) is 49.6 cm³/mol. The summed E-state index contributed by atoms with van der Waals surface area (Å²) in [4.78, 5) is 0. The van der Waals surface area contributed by atoms with Gasteiger partial charge in [-0.05, 0) is 32.2 Å². The van der Waals surface area contributed by atoms with Gasteiger partial charge in [-0.15, -0.1) is 0 Å². The molecule has 1 aliphatic carbocycles. The van der Waals surface area contributed by atoms with Crippen LogP contribution in [0.15, 0.2) is 12.2 Å². The van der Waals surface area contributed by atoms with Gasteiger partial charge in [0.2, 0.25) is 0 Å². The Kier molecular flexibility index (Phi) is 2.10. The van der Waals surface area contributed by atoms with E-state index in [0.29, 0.717) is 5.41 Å². The molecule has 1 unspecified atom stereocenters. The monoisotopic (exact) mass is 153 g/mol. The quantitative estimate of drug-likeness (QED) is 0.570. The van der Waals surface area contributed by atoms with Gasteiger partial charge in [0.1, 0.15) is 0 Å². The highest BCUT2D eigenvalue weighted by Crippen LogP contribution is 2.33. The summed E-state index contributed by atoms with van der Waals surface area (Å²) < 4.78 is 0. The minimum Gasteiger partial charge on any atom is -0.311 e. The molecule has 1 atom stereocenters. The van der Waals surface area contributed by atoms with Crippen molar-refractivity contribution in [1.29, 1.82) is 0 Å². The molecule has 0 saturated heterocycles. The summed E-state index contributed by atoms with van der Waals surface area (Å²) in [6.45, 7) is 6.83. The first-order valence-electron chi connectivity index (χ1n) is 4.37. The van der Waals surface area contributed by atoms with Gasteiger partial charge >= 0.3 is 0 Å². The third-order valence-electron chi connectivity index (χ3n) is 2.76. The molecule has 64 valence electrons. The van der Waals surface area contributed by atoms with Crippen LogP contribution in [0.2, 0.25) is 0 Å². The van der Waals surface area contributed by atoms with E-state index in [2.05, 4.69) is 38.2 Å². The highest BCUT2D eigenvalue weighted by Gasteiger charge is 2.27. The molecule has 0 amide bonds. The Balaban J connectivity index is 2.70. The van der Waals surface area contributed by atoms with Gasteiger partial charge in [-0.25, -0.2) is 0 Å². The van der Waals surface area contributed by atoms with Crippen molar-refractivity contribution in [3.05, 3.63) is 12.2 Å². The first-order valence-corrected chi connectivity index (χ1v) is 4.37. The molecule has 0 aromatic rings. The summed E-state index contributed by atoms with van der Waals surface area (Å²) in [7, 11) is 2.03. The summed E-state index contributed by atoms with van der Waals surface area (Å²) in [6, 6.07) is 0. The molecule has 1 nitrogen and oxygen atoms in total. The van der Waals surface area contributed by atoms with Crippen molar-refractivity contribution in [3.63, 3.8) is 0 Å². The Bertz CT molecular complexity index is 170. The zero-order valence-electron chi connectivity index (χ0n) is 8.07. The van der Waals surface area contributed by atoms with Crippen molar-refractivity contribution >= 4 is 0 Å². The molecule has 1 rings (SSSR count). The summed E-state index contributed by atoms with van der Waals surface area (Å²) in [6.07, 6.45) is 7.15. The van der Waals surface area contributed by atoms with Gasteiger partial charge in [0.15, 0.2) is 0 Å². The molecular formula is C10H19N. The van der Waals surface area contributed by atoms with E-state index in [-0.39, 0.29) is 5.54 Å². The Morgan fingerprint density at radius 2 is 1.73 bits per heavy atom. The fraction of sp³-hybridized carbons (Fsp3) is 0.800. The summed E-state index contributed by atoms with van der Waals surface area (Å²) in [5.41, 5.74) is 0.659. The largest absolute Gasteiger partial charge is 0.311 e. The van der Waals surface area contributed by atoms with E-state index < -0.39 is 0 Å². The Morgan fingerprint density at radius 1 is 1.09 bits per heavy atom. The van der Waals surface area contributed by atoms with Crippen LogP contribution in [-0.2, 0) is 0 Å². The number of allylic oxidation sites excluding steroid dienone is 1. The molecular weight excluding hydrogens is 134 g/mol. The first kappa shape index (κ1) is 8.79. The van der Waals surface area contributed by atoms with Gasteiger partial charge in [-0.1, -0.05) is 26.0 Å². The molecule has 0 aliphatic heterocycles. The van der Waals surface area contributed by atoms with E-state index in [1.54, 1.807) is 0 Å². The molecule has 0 spiro atoms. The molecule has 0 heterocycles. The van der Waals surface area contributed by atoms with E-state index in [4.69, 9.17) is 0 Å². The molecule has 0 aromatic heterocycles. The maximum absolute atomic E-state index is 3.33. The number of nitrogens with one attached hydrogen (secondary N) is 1. The predicted octanol–water partition coefficient (Wildman–Crippen LogP) is 2.34. The van der Waals surface area contributed by atoms with Gasteiger partial charge < -0.3 is 5.32 Å². The van der Waals surface area contributed by atoms with Gasteiger partial charge in [-0.3, -0.25) is 0 Å². The third-order valence-corrected chi connectivity index (χ3v) is 2.76. The molecule has 0 saturated carbocycles. The molecule has 0 aromatic carbocycles. The second-order valence-corrected chi connectivity index (χ2v) is 4.49. The van der Waals surface area contributed by atoms with Crippen LogP contribution in [0.1, 0.15) is 33.6 Å². The number of likely N-dealkylation sites (N-methyl/N-ethyl adjacent to an activating group) is 1. The van der Waals surface area contributed by atoms with Crippen LogP contribution >= 0.6 is 0 Å². The SMILES string of the molecule is CNC1(C)C=CC(C)(C)CC1. The van der Waals surface area contributed by atoms with E-state index in [0.717, 1.165) is 0 Å². The van der Waals surface area contributed by atoms with E-state index in [9.17, 15) is 0 Å². The van der Waals surface area contributed by atoms with Crippen LogP contribution in [0.3, 0.4) is 0 Å². The highest BCUT2D eigenvalue weighted by atomic mass is 14.9. The van der Waals surface area contributed by atoms with Crippen molar-refractivity contribution < 1.29 is 0 Å². The molecule has 0 radical (unpaired) electrons. The standard InChI is InChI=1S/C10H19N/c1-9(2)5-7-10(3,11-4)8-6-9/h5,7,11H,6,8H2,1-4H3. The maximum Gasteiger partial charge on any atom is 0.0333 e. The summed E-state index contributed by atoms with van der Waals surface area (Å²) in [5.74, 6) is 0. The van der Waals surface area contributed by atoms with Crippen LogP contribution in [0.5, 0.6) is 0 Å². The molecule has 1 N–H and O–H groups in total. The zero-order chi connectivity index (χ0) is 8.54. The fourth-order valence-electron chi connectivity index (χ4n) is 1.37. The molecule has 0 fully saturated rings.